The summed E-state index contributed by atoms with van der Waals surface area (Å²) in [6.07, 6.45) is 0.757. The molecule has 0 atom stereocenters. The van der Waals surface area contributed by atoms with Gasteiger partial charge in [0.15, 0.2) is 0 Å². The summed E-state index contributed by atoms with van der Waals surface area (Å²) in [6, 6.07) is 16.0. The zero-order valence-electron chi connectivity index (χ0n) is 19.8. The lowest BCUT2D eigenvalue weighted by molar-refractivity contribution is -0.137. The Hall–Kier alpha value is -2.96. The van der Waals surface area contributed by atoms with Crippen molar-refractivity contribution in [3.8, 4) is 0 Å². The van der Waals surface area contributed by atoms with Crippen LogP contribution < -0.4 is 0 Å². The molecule has 2 aromatic rings. The molecule has 0 N–H and O–H groups in total. The third kappa shape index (κ3) is 5.18. The average molecular weight is 448 g/mol. The summed E-state index contributed by atoms with van der Waals surface area (Å²) in [5, 5.41) is 0. The Labute approximate surface area is 196 Å². The van der Waals surface area contributed by atoms with Gasteiger partial charge >= 0.3 is 0 Å². The molecule has 6 nitrogen and oxygen atoms in total. The minimum Gasteiger partial charge on any atom is -0.379 e. The molecular formula is C27H33N3O3. The van der Waals surface area contributed by atoms with Crippen molar-refractivity contribution >= 4 is 17.4 Å². The molecule has 0 aliphatic carbocycles. The van der Waals surface area contributed by atoms with Crippen LogP contribution in [0.15, 0.2) is 54.2 Å². The van der Waals surface area contributed by atoms with Crippen molar-refractivity contribution in [3.05, 3.63) is 76.5 Å². The number of likely N-dealkylation sites (N-methyl/N-ethyl adjacent to an activating group) is 1. The first-order chi connectivity index (χ1) is 16.0. The SMILES string of the molecule is Cc1ccc(C2=C(N(C)Cc3ccccc3)C(=O)N(CCCN3CCOCC3)C2=O)cc1C. The summed E-state index contributed by atoms with van der Waals surface area (Å²) < 4.78 is 5.41. The molecule has 6 heteroatoms. The van der Waals surface area contributed by atoms with Crippen molar-refractivity contribution in [1.29, 1.82) is 0 Å². The molecule has 2 aliphatic heterocycles. The summed E-state index contributed by atoms with van der Waals surface area (Å²) in [5.41, 5.74) is 5.17. The van der Waals surface area contributed by atoms with Gasteiger partial charge in [-0.1, -0.05) is 48.5 Å². The number of hydrogen-bond donors (Lipinski definition) is 0. The molecule has 2 aromatic carbocycles. The second-order valence-electron chi connectivity index (χ2n) is 8.93. The minimum absolute atomic E-state index is 0.194. The second-order valence-corrected chi connectivity index (χ2v) is 8.93. The highest BCUT2D eigenvalue weighted by atomic mass is 16.5. The molecule has 0 spiro atoms. The number of nitrogens with zero attached hydrogens (tertiary/aromatic N) is 3. The third-order valence-electron chi connectivity index (χ3n) is 6.54. The van der Waals surface area contributed by atoms with Crippen LogP contribution in [0.5, 0.6) is 0 Å². The fourth-order valence-electron chi connectivity index (χ4n) is 4.49. The molecule has 4 rings (SSSR count). The van der Waals surface area contributed by atoms with Crippen LogP contribution in [0.2, 0.25) is 0 Å². The van der Waals surface area contributed by atoms with Crippen LogP contribution in [-0.2, 0) is 20.9 Å². The number of benzene rings is 2. The van der Waals surface area contributed by atoms with E-state index < -0.39 is 0 Å². The van der Waals surface area contributed by atoms with Crippen LogP contribution in [-0.4, -0.2) is 73.0 Å². The Kier molecular flexibility index (Phi) is 7.26. The summed E-state index contributed by atoms with van der Waals surface area (Å²) in [5.74, 6) is -0.395. The van der Waals surface area contributed by atoms with Crippen LogP contribution in [0.4, 0.5) is 0 Å². The Morgan fingerprint density at radius 3 is 2.33 bits per heavy atom. The monoisotopic (exact) mass is 447 g/mol. The fraction of sp³-hybridized carbons (Fsp3) is 0.407. The summed E-state index contributed by atoms with van der Waals surface area (Å²) in [6.45, 7) is 9.22. The Morgan fingerprint density at radius 1 is 0.909 bits per heavy atom. The van der Waals surface area contributed by atoms with Gasteiger partial charge in [0, 0.05) is 39.8 Å². The standard InChI is InChI=1S/C27H33N3O3/c1-20-10-11-23(18-21(20)2)24-25(28(3)19-22-8-5-4-6-9-22)27(32)30(26(24)31)13-7-12-29-14-16-33-17-15-29/h4-6,8-11,18H,7,12-17,19H2,1-3H3. The predicted molar refractivity (Wildman–Crippen MR) is 129 cm³/mol. The van der Waals surface area contributed by atoms with Crippen LogP contribution in [0.25, 0.3) is 5.57 Å². The van der Waals surface area contributed by atoms with Crippen molar-refractivity contribution < 1.29 is 14.3 Å². The maximum atomic E-state index is 13.5. The van der Waals surface area contributed by atoms with E-state index in [0.29, 0.717) is 24.4 Å². The minimum atomic E-state index is -0.200. The first-order valence-electron chi connectivity index (χ1n) is 11.7. The smallest absolute Gasteiger partial charge is 0.277 e. The maximum Gasteiger partial charge on any atom is 0.277 e. The topological polar surface area (TPSA) is 53.1 Å². The first kappa shape index (κ1) is 23.2. The number of carbonyl (C=O) groups is 2. The highest BCUT2D eigenvalue weighted by Gasteiger charge is 2.40. The molecule has 2 amide bonds. The van der Waals surface area contributed by atoms with Gasteiger partial charge < -0.3 is 9.64 Å². The fourth-order valence-corrected chi connectivity index (χ4v) is 4.49. The van der Waals surface area contributed by atoms with Gasteiger partial charge in [-0.05, 0) is 42.5 Å². The van der Waals surface area contributed by atoms with E-state index in [2.05, 4.69) is 11.8 Å². The van der Waals surface area contributed by atoms with Crippen LogP contribution >= 0.6 is 0 Å². The third-order valence-corrected chi connectivity index (χ3v) is 6.54. The summed E-state index contributed by atoms with van der Waals surface area (Å²) in [7, 11) is 1.89. The Bertz CT molecular complexity index is 1040. The zero-order chi connectivity index (χ0) is 23.4. The molecule has 0 unspecified atom stereocenters. The van der Waals surface area contributed by atoms with Crippen molar-refractivity contribution in [1.82, 2.24) is 14.7 Å². The van der Waals surface area contributed by atoms with Crippen LogP contribution in [0.3, 0.4) is 0 Å². The lowest BCUT2D eigenvalue weighted by Gasteiger charge is -2.27. The zero-order valence-corrected chi connectivity index (χ0v) is 19.8. The molecule has 0 saturated carbocycles. The average Bonchev–Trinajstić information content (AvgIpc) is 3.07. The van der Waals surface area contributed by atoms with Gasteiger partial charge in [-0.15, -0.1) is 0 Å². The molecule has 174 valence electrons. The van der Waals surface area contributed by atoms with E-state index in [-0.39, 0.29) is 11.8 Å². The van der Waals surface area contributed by atoms with E-state index in [4.69, 9.17) is 4.74 Å². The number of rotatable bonds is 8. The van der Waals surface area contributed by atoms with Crippen molar-refractivity contribution in [2.24, 2.45) is 0 Å². The number of carbonyl (C=O) groups excluding carboxylic acids is 2. The van der Waals surface area contributed by atoms with Gasteiger partial charge in [0.05, 0.1) is 18.8 Å². The number of amides is 2. The van der Waals surface area contributed by atoms with E-state index in [0.717, 1.165) is 61.5 Å². The van der Waals surface area contributed by atoms with E-state index in [1.54, 1.807) is 0 Å². The Morgan fingerprint density at radius 2 is 1.64 bits per heavy atom. The van der Waals surface area contributed by atoms with Gasteiger partial charge in [-0.25, -0.2) is 0 Å². The van der Waals surface area contributed by atoms with Crippen LogP contribution in [0.1, 0.15) is 28.7 Å². The van der Waals surface area contributed by atoms with Crippen molar-refractivity contribution in [3.63, 3.8) is 0 Å². The van der Waals surface area contributed by atoms with Gasteiger partial charge in [0.25, 0.3) is 11.8 Å². The van der Waals surface area contributed by atoms with E-state index in [1.807, 2.05) is 67.4 Å². The van der Waals surface area contributed by atoms with Crippen LogP contribution in [0, 0.1) is 13.8 Å². The highest BCUT2D eigenvalue weighted by Crippen LogP contribution is 2.32. The molecule has 2 aliphatic rings. The largest absolute Gasteiger partial charge is 0.379 e. The normalized spacial score (nSPS) is 17.2. The molecule has 0 bridgehead atoms. The van der Waals surface area contributed by atoms with Crippen molar-refractivity contribution in [2.45, 2.75) is 26.8 Å². The lowest BCUT2D eigenvalue weighted by atomic mass is 9.99. The highest BCUT2D eigenvalue weighted by molar-refractivity contribution is 6.35. The molecule has 1 fully saturated rings. The quantitative estimate of drug-likeness (QED) is 0.582. The molecule has 2 heterocycles. The van der Waals surface area contributed by atoms with E-state index in [1.165, 1.54) is 4.90 Å². The number of aryl methyl sites for hydroxylation is 2. The number of imide groups is 1. The molecule has 0 radical (unpaired) electrons. The molecular weight excluding hydrogens is 414 g/mol. The number of ether oxygens (including phenoxy) is 1. The summed E-state index contributed by atoms with van der Waals surface area (Å²) in [4.78, 5) is 32.8. The lowest BCUT2D eigenvalue weighted by Crippen LogP contribution is -2.39. The van der Waals surface area contributed by atoms with Gasteiger partial charge in [0.2, 0.25) is 0 Å². The predicted octanol–water partition coefficient (Wildman–Crippen LogP) is 3.24. The number of morpholine rings is 1. The summed E-state index contributed by atoms with van der Waals surface area (Å²) >= 11 is 0. The van der Waals surface area contributed by atoms with E-state index in [9.17, 15) is 9.59 Å². The Balaban J connectivity index is 1.58. The molecule has 1 saturated heterocycles. The van der Waals surface area contributed by atoms with Gasteiger partial charge in [0.1, 0.15) is 5.70 Å². The van der Waals surface area contributed by atoms with Gasteiger partial charge in [-0.2, -0.15) is 0 Å². The van der Waals surface area contributed by atoms with E-state index >= 15 is 0 Å². The first-order valence-corrected chi connectivity index (χ1v) is 11.7. The molecule has 33 heavy (non-hydrogen) atoms. The maximum absolute atomic E-state index is 13.5. The molecule has 0 aromatic heterocycles. The van der Waals surface area contributed by atoms with Gasteiger partial charge in [-0.3, -0.25) is 19.4 Å². The number of hydrogen-bond acceptors (Lipinski definition) is 5. The second kappa shape index (κ2) is 10.3. The van der Waals surface area contributed by atoms with Crippen molar-refractivity contribution in [2.75, 3.05) is 46.4 Å².